The van der Waals surface area contributed by atoms with E-state index in [2.05, 4.69) is 10.3 Å². The van der Waals surface area contributed by atoms with Crippen LogP contribution < -0.4 is 10.1 Å². The maximum atomic E-state index is 13.3. The minimum Gasteiger partial charge on any atom is -0.494 e. The molecule has 0 amide bonds. The molecule has 0 aliphatic rings. The molecule has 0 aliphatic carbocycles. The van der Waals surface area contributed by atoms with E-state index in [1.165, 1.54) is 12.1 Å². The molecule has 8 heteroatoms. The molecule has 0 saturated heterocycles. The minimum absolute atomic E-state index is 0.00272. The highest BCUT2D eigenvalue weighted by Gasteiger charge is 2.29. The molecular formula is C23H19ClN2O4S. The number of benzene rings is 3. The van der Waals surface area contributed by atoms with Gasteiger partial charge in [0, 0.05) is 5.69 Å². The number of anilines is 2. The fourth-order valence-corrected chi connectivity index (χ4v) is 4.46. The number of hydrogen-bond acceptors (Lipinski definition) is 6. The molecule has 31 heavy (non-hydrogen) atoms. The van der Waals surface area contributed by atoms with E-state index in [1.807, 2.05) is 6.92 Å². The van der Waals surface area contributed by atoms with Crippen molar-refractivity contribution in [1.29, 1.82) is 0 Å². The number of sulfone groups is 1. The topological polar surface area (TPSA) is 81.4 Å². The van der Waals surface area contributed by atoms with Gasteiger partial charge in [0.1, 0.15) is 5.75 Å². The molecule has 0 aliphatic heterocycles. The van der Waals surface area contributed by atoms with Gasteiger partial charge in [-0.05, 0) is 55.5 Å². The van der Waals surface area contributed by atoms with Crippen LogP contribution in [0.2, 0.25) is 5.02 Å². The Morgan fingerprint density at radius 3 is 2.32 bits per heavy atom. The normalized spacial score (nSPS) is 11.3. The number of nitrogens with zero attached hydrogens (tertiary/aromatic N) is 1. The van der Waals surface area contributed by atoms with Crippen molar-refractivity contribution in [1.82, 2.24) is 4.98 Å². The van der Waals surface area contributed by atoms with Gasteiger partial charge in [0.15, 0.2) is 0 Å². The summed E-state index contributed by atoms with van der Waals surface area (Å²) in [5.41, 5.74) is 1.11. The van der Waals surface area contributed by atoms with Crippen molar-refractivity contribution in [2.24, 2.45) is 0 Å². The molecule has 6 nitrogen and oxygen atoms in total. The highest BCUT2D eigenvalue weighted by molar-refractivity contribution is 7.91. The third-order valence-electron chi connectivity index (χ3n) is 4.43. The number of oxazole rings is 1. The van der Waals surface area contributed by atoms with Crippen LogP contribution in [-0.2, 0) is 9.84 Å². The smallest absolute Gasteiger partial charge is 0.238 e. The Morgan fingerprint density at radius 1 is 0.968 bits per heavy atom. The van der Waals surface area contributed by atoms with Crippen molar-refractivity contribution in [2.75, 3.05) is 11.9 Å². The Kier molecular flexibility index (Phi) is 5.97. The lowest BCUT2D eigenvalue weighted by atomic mass is 10.2. The quantitative estimate of drug-likeness (QED) is 0.370. The van der Waals surface area contributed by atoms with Gasteiger partial charge in [-0.25, -0.2) is 8.42 Å². The third kappa shape index (κ3) is 4.42. The fourth-order valence-electron chi connectivity index (χ4n) is 2.96. The van der Waals surface area contributed by atoms with Gasteiger partial charge in [-0.3, -0.25) is 0 Å². The molecule has 1 heterocycles. The van der Waals surface area contributed by atoms with Crippen LogP contribution >= 0.6 is 11.6 Å². The lowest BCUT2D eigenvalue weighted by molar-refractivity contribution is 0.340. The Bertz CT molecular complexity index is 1290. The predicted octanol–water partition coefficient (Wildman–Crippen LogP) is 5.97. The van der Waals surface area contributed by atoms with Gasteiger partial charge in [0.05, 0.1) is 22.1 Å². The van der Waals surface area contributed by atoms with Crippen LogP contribution in [0.3, 0.4) is 0 Å². The highest BCUT2D eigenvalue weighted by Crippen LogP contribution is 2.36. The van der Waals surface area contributed by atoms with E-state index in [9.17, 15) is 8.42 Å². The Hall–Kier alpha value is -3.29. The first-order chi connectivity index (χ1) is 15.0. The van der Waals surface area contributed by atoms with E-state index < -0.39 is 9.84 Å². The second-order valence-corrected chi connectivity index (χ2v) is 8.80. The van der Waals surface area contributed by atoms with E-state index in [0.29, 0.717) is 28.6 Å². The summed E-state index contributed by atoms with van der Waals surface area (Å²) in [5, 5.41) is 3.20. The molecule has 0 radical (unpaired) electrons. The van der Waals surface area contributed by atoms with Crippen LogP contribution in [0.15, 0.2) is 93.2 Å². The third-order valence-corrected chi connectivity index (χ3v) is 6.44. The fraction of sp³-hybridized carbons (Fsp3) is 0.0870. The lowest BCUT2D eigenvalue weighted by Gasteiger charge is -2.07. The largest absolute Gasteiger partial charge is 0.494 e. The van der Waals surface area contributed by atoms with Gasteiger partial charge < -0.3 is 14.5 Å². The maximum Gasteiger partial charge on any atom is 0.238 e. The summed E-state index contributed by atoms with van der Waals surface area (Å²) in [6, 6.07) is 22.1. The van der Waals surface area contributed by atoms with Gasteiger partial charge in [0.25, 0.3) is 0 Å². The number of halogens is 1. The van der Waals surface area contributed by atoms with E-state index in [0.717, 1.165) is 0 Å². The highest BCUT2D eigenvalue weighted by atomic mass is 35.5. The Balaban J connectivity index is 1.80. The second-order valence-electron chi connectivity index (χ2n) is 6.53. The first-order valence-electron chi connectivity index (χ1n) is 9.55. The molecule has 0 fully saturated rings. The van der Waals surface area contributed by atoms with Crippen molar-refractivity contribution < 1.29 is 17.6 Å². The molecule has 4 rings (SSSR count). The van der Waals surface area contributed by atoms with Crippen molar-refractivity contribution in [3.05, 3.63) is 83.9 Å². The Morgan fingerprint density at radius 2 is 1.65 bits per heavy atom. The summed E-state index contributed by atoms with van der Waals surface area (Å²) < 4.78 is 37.9. The van der Waals surface area contributed by atoms with Crippen molar-refractivity contribution in [3.8, 4) is 17.2 Å². The molecule has 4 aromatic rings. The number of aromatic nitrogens is 1. The summed E-state index contributed by atoms with van der Waals surface area (Å²) in [4.78, 5) is 4.42. The van der Waals surface area contributed by atoms with Gasteiger partial charge in [-0.1, -0.05) is 41.9 Å². The molecule has 0 bridgehead atoms. The van der Waals surface area contributed by atoms with Crippen molar-refractivity contribution in [2.45, 2.75) is 16.8 Å². The molecular weight excluding hydrogens is 436 g/mol. The SMILES string of the molecule is CCOc1ccc(Nc2oc(-c3ccccc3Cl)nc2S(=O)(=O)c2ccccc2)cc1. The molecule has 158 valence electrons. The molecule has 1 N–H and O–H groups in total. The summed E-state index contributed by atoms with van der Waals surface area (Å²) in [6.45, 7) is 2.45. The van der Waals surface area contributed by atoms with E-state index >= 15 is 0 Å². The summed E-state index contributed by atoms with van der Waals surface area (Å²) in [7, 11) is -3.94. The monoisotopic (exact) mass is 454 g/mol. The van der Waals surface area contributed by atoms with Gasteiger partial charge >= 0.3 is 0 Å². The second kappa shape index (κ2) is 8.83. The average Bonchev–Trinajstić information content (AvgIpc) is 3.20. The van der Waals surface area contributed by atoms with Gasteiger partial charge in [0.2, 0.25) is 26.6 Å². The first kappa shape index (κ1) is 21.0. The summed E-state index contributed by atoms with van der Waals surface area (Å²) >= 11 is 6.28. The zero-order valence-electron chi connectivity index (χ0n) is 16.6. The maximum absolute atomic E-state index is 13.3. The number of ether oxygens (including phenoxy) is 1. The molecule has 3 aromatic carbocycles. The molecule has 0 saturated carbocycles. The van der Waals surface area contributed by atoms with Crippen LogP contribution in [0.25, 0.3) is 11.5 Å². The zero-order valence-corrected chi connectivity index (χ0v) is 18.2. The molecule has 1 aromatic heterocycles. The van der Waals surface area contributed by atoms with Crippen LogP contribution in [0, 0.1) is 0 Å². The van der Waals surface area contributed by atoms with Crippen LogP contribution in [0.5, 0.6) is 5.75 Å². The summed E-state index contributed by atoms with van der Waals surface area (Å²) in [6.07, 6.45) is 0. The van der Waals surface area contributed by atoms with Crippen molar-refractivity contribution >= 4 is 33.0 Å². The van der Waals surface area contributed by atoms with Crippen molar-refractivity contribution in [3.63, 3.8) is 0 Å². The molecule has 0 atom stereocenters. The molecule has 0 spiro atoms. The van der Waals surface area contributed by atoms with Gasteiger partial charge in [-0.15, -0.1) is 0 Å². The van der Waals surface area contributed by atoms with Crippen LogP contribution in [0.4, 0.5) is 11.6 Å². The number of rotatable bonds is 7. The Labute approximate surface area is 185 Å². The summed E-state index contributed by atoms with van der Waals surface area (Å²) in [5.74, 6) is 0.816. The van der Waals surface area contributed by atoms with E-state index in [4.69, 9.17) is 20.8 Å². The van der Waals surface area contributed by atoms with Gasteiger partial charge in [-0.2, -0.15) is 4.98 Å². The minimum atomic E-state index is -3.94. The lowest BCUT2D eigenvalue weighted by Crippen LogP contribution is -2.05. The first-order valence-corrected chi connectivity index (χ1v) is 11.4. The predicted molar refractivity (Wildman–Crippen MR) is 120 cm³/mol. The average molecular weight is 455 g/mol. The van der Waals surface area contributed by atoms with Crippen LogP contribution in [0.1, 0.15) is 6.92 Å². The number of hydrogen-bond donors (Lipinski definition) is 1. The standard InChI is InChI=1S/C23H19ClN2O4S/c1-2-29-17-14-12-16(13-15-17)25-22-23(31(27,28)18-8-4-3-5-9-18)26-21(30-22)19-10-6-7-11-20(19)24/h3-15,25H,2H2,1H3. The van der Waals surface area contributed by atoms with E-state index in [-0.39, 0.29) is 21.7 Å². The van der Waals surface area contributed by atoms with Crippen LogP contribution in [-0.4, -0.2) is 20.0 Å². The molecule has 0 unspecified atom stereocenters. The number of nitrogens with one attached hydrogen (secondary N) is 1. The zero-order chi connectivity index (χ0) is 21.8. The van der Waals surface area contributed by atoms with E-state index in [1.54, 1.807) is 66.7 Å².